The summed E-state index contributed by atoms with van der Waals surface area (Å²) in [5.74, 6) is 0.609. The number of ether oxygens (including phenoxy) is 1. The van der Waals surface area contributed by atoms with Gasteiger partial charge >= 0.3 is 0 Å². The number of rotatable bonds is 1. The van der Waals surface area contributed by atoms with E-state index in [2.05, 4.69) is 29.6 Å². The van der Waals surface area contributed by atoms with Gasteiger partial charge in [0.05, 0.1) is 12.7 Å². The Kier molecular flexibility index (Phi) is 2.94. The molecule has 0 aromatic heterocycles. The van der Waals surface area contributed by atoms with Crippen LogP contribution in [0.3, 0.4) is 0 Å². The Morgan fingerprint density at radius 1 is 1.25 bits per heavy atom. The highest BCUT2D eigenvalue weighted by atomic mass is 16.5. The fraction of sp³-hybridized carbons (Fsp3) is 0.571. The topological polar surface area (TPSA) is 21.3 Å². The Morgan fingerprint density at radius 2 is 2.19 bits per heavy atom. The van der Waals surface area contributed by atoms with Gasteiger partial charge in [-0.1, -0.05) is 24.3 Å². The minimum atomic E-state index is 0.384. The predicted octanol–water partition coefficient (Wildman–Crippen LogP) is 2.09. The van der Waals surface area contributed by atoms with Crippen LogP contribution >= 0.6 is 0 Å². The highest BCUT2D eigenvalue weighted by Crippen LogP contribution is 2.35. The van der Waals surface area contributed by atoms with Gasteiger partial charge in [-0.3, -0.25) is 0 Å². The van der Waals surface area contributed by atoms with Gasteiger partial charge in [0.2, 0.25) is 0 Å². The molecule has 0 amide bonds. The number of hydrogen-bond donors (Lipinski definition) is 1. The molecular formula is C14H19NO. The quantitative estimate of drug-likeness (QED) is 0.777. The molecule has 2 aliphatic rings. The van der Waals surface area contributed by atoms with Gasteiger partial charge in [-0.05, 0) is 30.4 Å². The minimum Gasteiger partial charge on any atom is -0.375 e. The number of fused-ring (bicyclic) bond motifs is 1. The molecule has 2 heteroatoms. The third-order valence-electron chi connectivity index (χ3n) is 3.82. The molecule has 1 fully saturated rings. The van der Waals surface area contributed by atoms with E-state index < -0.39 is 0 Å². The molecule has 1 aliphatic carbocycles. The number of benzene rings is 1. The van der Waals surface area contributed by atoms with Gasteiger partial charge in [0.15, 0.2) is 0 Å². The molecular weight excluding hydrogens is 198 g/mol. The van der Waals surface area contributed by atoms with Crippen molar-refractivity contribution in [2.75, 3.05) is 19.7 Å². The summed E-state index contributed by atoms with van der Waals surface area (Å²) in [4.78, 5) is 0. The van der Waals surface area contributed by atoms with Crippen molar-refractivity contribution >= 4 is 0 Å². The van der Waals surface area contributed by atoms with Crippen molar-refractivity contribution in [3.63, 3.8) is 0 Å². The van der Waals surface area contributed by atoms with Gasteiger partial charge in [-0.2, -0.15) is 0 Å². The first-order chi connectivity index (χ1) is 7.95. The summed E-state index contributed by atoms with van der Waals surface area (Å²) >= 11 is 0. The second-order valence-corrected chi connectivity index (χ2v) is 4.81. The molecule has 1 aromatic rings. The van der Waals surface area contributed by atoms with Crippen LogP contribution in [-0.2, 0) is 11.2 Å². The summed E-state index contributed by atoms with van der Waals surface area (Å²) in [5.41, 5.74) is 3.07. The van der Waals surface area contributed by atoms with Crippen molar-refractivity contribution in [3.05, 3.63) is 35.4 Å². The monoisotopic (exact) mass is 217 g/mol. The van der Waals surface area contributed by atoms with Crippen LogP contribution in [0.2, 0.25) is 0 Å². The first kappa shape index (κ1) is 10.3. The van der Waals surface area contributed by atoms with Crippen LogP contribution < -0.4 is 5.32 Å². The smallest absolute Gasteiger partial charge is 0.0768 e. The van der Waals surface area contributed by atoms with E-state index in [4.69, 9.17) is 4.74 Å². The maximum atomic E-state index is 5.91. The molecule has 2 unspecified atom stereocenters. The molecule has 16 heavy (non-hydrogen) atoms. The second-order valence-electron chi connectivity index (χ2n) is 4.81. The zero-order chi connectivity index (χ0) is 10.8. The lowest BCUT2D eigenvalue weighted by atomic mass is 9.79. The van der Waals surface area contributed by atoms with Gasteiger partial charge < -0.3 is 10.1 Å². The van der Waals surface area contributed by atoms with Gasteiger partial charge in [0.25, 0.3) is 0 Å². The molecule has 1 aliphatic heterocycles. The number of aryl methyl sites for hydroxylation is 1. The number of morpholine rings is 1. The maximum absolute atomic E-state index is 5.91. The van der Waals surface area contributed by atoms with Crippen molar-refractivity contribution in [2.45, 2.75) is 31.3 Å². The molecule has 1 saturated heterocycles. The van der Waals surface area contributed by atoms with Gasteiger partial charge in [0, 0.05) is 19.0 Å². The van der Waals surface area contributed by atoms with E-state index in [0.717, 1.165) is 19.7 Å². The lowest BCUT2D eigenvalue weighted by molar-refractivity contribution is 0.00760. The van der Waals surface area contributed by atoms with E-state index in [-0.39, 0.29) is 0 Å². The normalized spacial score (nSPS) is 29.8. The molecule has 0 spiro atoms. The van der Waals surface area contributed by atoms with Crippen molar-refractivity contribution in [1.29, 1.82) is 0 Å². The fourth-order valence-corrected chi connectivity index (χ4v) is 3.02. The Morgan fingerprint density at radius 3 is 3.06 bits per heavy atom. The lowest BCUT2D eigenvalue weighted by Crippen LogP contribution is -2.42. The zero-order valence-corrected chi connectivity index (χ0v) is 9.61. The van der Waals surface area contributed by atoms with Gasteiger partial charge in [-0.25, -0.2) is 0 Å². The largest absolute Gasteiger partial charge is 0.375 e. The number of nitrogens with one attached hydrogen (secondary N) is 1. The summed E-state index contributed by atoms with van der Waals surface area (Å²) in [6.07, 6.45) is 4.22. The molecule has 3 rings (SSSR count). The molecule has 0 radical (unpaired) electrons. The predicted molar refractivity (Wildman–Crippen MR) is 64.7 cm³/mol. The van der Waals surface area contributed by atoms with Crippen LogP contribution in [-0.4, -0.2) is 25.8 Å². The second kappa shape index (κ2) is 4.56. The SMILES string of the molecule is c1ccc2c(c1)CCCC2C1CNCCO1. The van der Waals surface area contributed by atoms with Gasteiger partial charge in [0.1, 0.15) is 0 Å². The molecule has 0 saturated carbocycles. The third kappa shape index (κ3) is 1.87. The summed E-state index contributed by atoms with van der Waals surface area (Å²) in [6.45, 7) is 2.88. The van der Waals surface area contributed by atoms with E-state index in [1.807, 2.05) is 0 Å². The molecule has 2 atom stereocenters. The maximum Gasteiger partial charge on any atom is 0.0768 e. The van der Waals surface area contributed by atoms with E-state index in [9.17, 15) is 0 Å². The van der Waals surface area contributed by atoms with Crippen molar-refractivity contribution in [2.24, 2.45) is 0 Å². The first-order valence-corrected chi connectivity index (χ1v) is 6.35. The zero-order valence-electron chi connectivity index (χ0n) is 9.61. The summed E-state index contributed by atoms with van der Waals surface area (Å²) in [6, 6.07) is 8.88. The summed E-state index contributed by atoms with van der Waals surface area (Å²) in [7, 11) is 0. The van der Waals surface area contributed by atoms with Crippen LogP contribution in [0.15, 0.2) is 24.3 Å². The van der Waals surface area contributed by atoms with E-state index in [0.29, 0.717) is 12.0 Å². The van der Waals surface area contributed by atoms with E-state index in [1.54, 1.807) is 0 Å². The summed E-state index contributed by atoms with van der Waals surface area (Å²) < 4.78 is 5.91. The average molecular weight is 217 g/mol. The highest BCUT2D eigenvalue weighted by molar-refractivity contribution is 5.33. The van der Waals surface area contributed by atoms with Crippen LogP contribution in [0.4, 0.5) is 0 Å². The van der Waals surface area contributed by atoms with Crippen molar-refractivity contribution < 1.29 is 4.74 Å². The lowest BCUT2D eigenvalue weighted by Gasteiger charge is -2.34. The Labute approximate surface area is 97.0 Å². The van der Waals surface area contributed by atoms with Gasteiger partial charge in [-0.15, -0.1) is 0 Å². The van der Waals surface area contributed by atoms with E-state index >= 15 is 0 Å². The highest BCUT2D eigenvalue weighted by Gasteiger charge is 2.29. The third-order valence-corrected chi connectivity index (χ3v) is 3.82. The Bertz CT molecular complexity index is 358. The van der Waals surface area contributed by atoms with E-state index in [1.165, 1.54) is 30.4 Å². The summed E-state index contributed by atoms with van der Waals surface area (Å²) in [5, 5.41) is 3.44. The standard InChI is InChI=1S/C14H19NO/c1-2-6-12-11(4-1)5-3-7-13(12)14-10-15-8-9-16-14/h1-2,4,6,13-15H,3,5,7-10H2. The fourth-order valence-electron chi connectivity index (χ4n) is 3.02. The molecule has 1 aromatic carbocycles. The average Bonchev–Trinajstić information content (AvgIpc) is 2.39. The van der Waals surface area contributed by atoms with Crippen molar-refractivity contribution in [3.8, 4) is 0 Å². The van der Waals surface area contributed by atoms with Crippen molar-refractivity contribution in [1.82, 2.24) is 5.32 Å². The Balaban J connectivity index is 1.86. The van der Waals surface area contributed by atoms with Crippen LogP contribution in [0.25, 0.3) is 0 Å². The first-order valence-electron chi connectivity index (χ1n) is 6.35. The molecule has 1 N–H and O–H groups in total. The Hall–Kier alpha value is -0.860. The molecule has 2 nitrogen and oxygen atoms in total. The molecule has 86 valence electrons. The van der Waals surface area contributed by atoms with Crippen LogP contribution in [0.5, 0.6) is 0 Å². The molecule has 0 bridgehead atoms. The molecule has 1 heterocycles. The minimum absolute atomic E-state index is 0.384. The van der Waals surface area contributed by atoms with Crippen LogP contribution in [0, 0.1) is 0 Å². The number of hydrogen-bond acceptors (Lipinski definition) is 2. The van der Waals surface area contributed by atoms with Crippen LogP contribution in [0.1, 0.15) is 29.9 Å².